The number of rotatable bonds is 4. The molecule has 0 fully saturated rings. The van der Waals surface area contributed by atoms with E-state index < -0.39 is 5.60 Å². The molecule has 7 heteroatoms. The Morgan fingerprint density at radius 3 is 2.42 bits per heavy atom. The van der Waals surface area contributed by atoms with Crippen LogP contribution in [0, 0.1) is 0 Å². The first-order chi connectivity index (χ1) is 11.6. The first-order valence-corrected chi connectivity index (χ1v) is 9.00. The minimum absolute atomic E-state index is 0.208. The van der Waals surface area contributed by atoms with E-state index in [4.69, 9.17) is 23.2 Å². The van der Waals surface area contributed by atoms with E-state index in [1.54, 1.807) is 54.9 Å². The van der Waals surface area contributed by atoms with Crippen LogP contribution in [-0.4, -0.2) is 26.3 Å². The molecule has 1 N–H and O–H groups in total. The largest absolute Gasteiger partial charge is 0.374 e. The molecule has 0 aliphatic carbocycles. The van der Waals surface area contributed by atoms with E-state index in [0.717, 1.165) is 0 Å². The lowest BCUT2D eigenvalue weighted by molar-refractivity contribution is 0.119. The quantitative estimate of drug-likeness (QED) is 0.419. The molecular formula is C17H13Cl2N3OS. The maximum Gasteiger partial charge on any atom is 0.187 e. The van der Waals surface area contributed by atoms with E-state index >= 15 is 0 Å². The molecule has 2 aromatic heterocycles. The van der Waals surface area contributed by atoms with Crippen LogP contribution in [0.25, 0.3) is 0 Å². The molecule has 122 valence electrons. The Morgan fingerprint density at radius 1 is 1.00 bits per heavy atom. The van der Waals surface area contributed by atoms with Crippen LogP contribution >= 0.6 is 35.0 Å². The van der Waals surface area contributed by atoms with Crippen molar-refractivity contribution in [3.05, 3.63) is 81.9 Å². The van der Waals surface area contributed by atoms with Crippen molar-refractivity contribution in [2.24, 2.45) is 0 Å². The van der Waals surface area contributed by atoms with Crippen molar-refractivity contribution in [1.29, 1.82) is 0 Å². The third kappa shape index (κ3) is 3.13. The predicted octanol–water partition coefficient (Wildman–Crippen LogP) is 4.18. The lowest BCUT2D eigenvalue weighted by Crippen LogP contribution is -2.31. The molecule has 0 bridgehead atoms. The summed E-state index contributed by atoms with van der Waals surface area (Å²) in [5.41, 5.74) is -0.116. The number of hydrogen-bond donors (Lipinski definition) is 1. The summed E-state index contributed by atoms with van der Waals surface area (Å²) in [7, 11) is 0. The number of hydrogen-bond acceptors (Lipinski definition) is 5. The second-order valence-corrected chi connectivity index (χ2v) is 6.56. The molecule has 0 amide bonds. The molecule has 2 heterocycles. The molecule has 4 nitrogen and oxygen atoms in total. The van der Waals surface area contributed by atoms with Gasteiger partial charge in [-0.05, 0) is 36.1 Å². The summed E-state index contributed by atoms with van der Waals surface area (Å²) in [6.45, 7) is 0. The zero-order chi connectivity index (χ0) is 17.2. The summed E-state index contributed by atoms with van der Waals surface area (Å²) < 4.78 is 0. The lowest BCUT2D eigenvalue weighted by atomic mass is 9.84. The van der Waals surface area contributed by atoms with Crippen LogP contribution in [0.5, 0.6) is 0 Å². The van der Waals surface area contributed by atoms with Crippen LogP contribution < -0.4 is 0 Å². The fourth-order valence-electron chi connectivity index (χ4n) is 2.43. The lowest BCUT2D eigenvalue weighted by Gasteiger charge is -2.29. The first-order valence-electron chi connectivity index (χ1n) is 7.02. The van der Waals surface area contributed by atoms with Crippen LogP contribution in [0.2, 0.25) is 10.2 Å². The van der Waals surface area contributed by atoms with Gasteiger partial charge >= 0.3 is 0 Å². The average Bonchev–Trinajstić information content (AvgIpc) is 2.62. The van der Waals surface area contributed by atoms with Crippen LogP contribution in [0.15, 0.2) is 60.0 Å². The summed E-state index contributed by atoms with van der Waals surface area (Å²) in [5, 5.41) is 13.0. The molecule has 1 unspecified atom stereocenters. The standard InChI is InChI=1S/C17H13Cl2N3OS/c1-24-16-21-10-8-14(22-16)17(23,11-4-6-12(18)7-5-11)13-3-2-9-20-15(13)19/h2-10,23H,1H3. The van der Waals surface area contributed by atoms with Crippen LogP contribution in [0.1, 0.15) is 16.8 Å². The summed E-state index contributed by atoms with van der Waals surface area (Å²) >= 11 is 13.6. The van der Waals surface area contributed by atoms with Crippen molar-refractivity contribution in [2.75, 3.05) is 6.26 Å². The molecule has 0 aliphatic rings. The van der Waals surface area contributed by atoms with Crippen LogP contribution in [-0.2, 0) is 5.60 Å². The Morgan fingerprint density at radius 2 is 1.75 bits per heavy atom. The molecule has 3 aromatic rings. The molecule has 0 saturated carbocycles. The summed E-state index contributed by atoms with van der Waals surface area (Å²) in [5.74, 6) is 0. The van der Waals surface area contributed by atoms with E-state index in [9.17, 15) is 5.11 Å². The second-order valence-electron chi connectivity index (χ2n) is 4.99. The van der Waals surface area contributed by atoms with E-state index in [1.807, 2.05) is 6.26 Å². The summed E-state index contributed by atoms with van der Waals surface area (Å²) in [4.78, 5) is 12.7. The number of aliphatic hydroxyl groups is 1. The highest BCUT2D eigenvalue weighted by Crippen LogP contribution is 2.38. The number of thioether (sulfide) groups is 1. The smallest absolute Gasteiger partial charge is 0.187 e. The maximum absolute atomic E-state index is 11.6. The minimum atomic E-state index is -1.57. The molecular weight excluding hydrogens is 365 g/mol. The van der Waals surface area contributed by atoms with Gasteiger partial charge in [-0.25, -0.2) is 15.0 Å². The van der Waals surface area contributed by atoms with Gasteiger partial charge in [0.05, 0.1) is 5.69 Å². The molecule has 1 aromatic carbocycles. The van der Waals surface area contributed by atoms with E-state index in [-0.39, 0.29) is 5.15 Å². The zero-order valence-electron chi connectivity index (χ0n) is 12.6. The van der Waals surface area contributed by atoms with Gasteiger partial charge in [0.15, 0.2) is 10.8 Å². The Balaban J connectivity index is 2.28. The Kier molecular flexibility index (Phi) is 5.06. The van der Waals surface area contributed by atoms with Gasteiger partial charge in [-0.2, -0.15) is 0 Å². The highest BCUT2D eigenvalue weighted by atomic mass is 35.5. The fourth-order valence-corrected chi connectivity index (χ4v) is 3.17. The zero-order valence-corrected chi connectivity index (χ0v) is 15.0. The SMILES string of the molecule is CSc1nccc(C(O)(c2ccc(Cl)cc2)c2cccnc2Cl)n1. The average molecular weight is 378 g/mol. The van der Waals surface area contributed by atoms with Gasteiger partial charge in [0.2, 0.25) is 0 Å². The third-order valence-electron chi connectivity index (χ3n) is 3.60. The summed E-state index contributed by atoms with van der Waals surface area (Å²) in [6.07, 6.45) is 5.05. The molecule has 24 heavy (non-hydrogen) atoms. The van der Waals surface area contributed by atoms with E-state index in [1.165, 1.54) is 11.8 Å². The highest BCUT2D eigenvalue weighted by Gasteiger charge is 2.38. The fraction of sp³-hybridized carbons (Fsp3) is 0.118. The van der Waals surface area contributed by atoms with Crippen molar-refractivity contribution >= 4 is 35.0 Å². The summed E-state index contributed by atoms with van der Waals surface area (Å²) in [6, 6.07) is 12.0. The van der Waals surface area contributed by atoms with Gasteiger partial charge < -0.3 is 5.11 Å². The van der Waals surface area contributed by atoms with Crippen molar-refractivity contribution < 1.29 is 5.11 Å². The molecule has 0 aliphatic heterocycles. The first kappa shape index (κ1) is 17.2. The van der Waals surface area contributed by atoms with E-state index in [2.05, 4.69) is 15.0 Å². The molecule has 0 saturated heterocycles. The van der Waals surface area contributed by atoms with Gasteiger partial charge in [0.1, 0.15) is 5.15 Å². The highest BCUT2D eigenvalue weighted by molar-refractivity contribution is 7.98. The molecule has 1 atom stereocenters. The number of aromatic nitrogens is 3. The number of halogens is 2. The minimum Gasteiger partial charge on any atom is -0.374 e. The Hall–Kier alpha value is -1.66. The second kappa shape index (κ2) is 7.07. The molecule has 0 spiro atoms. The topological polar surface area (TPSA) is 58.9 Å². The van der Waals surface area contributed by atoms with E-state index in [0.29, 0.717) is 27.0 Å². The van der Waals surface area contributed by atoms with Crippen molar-refractivity contribution in [3.8, 4) is 0 Å². The van der Waals surface area contributed by atoms with Gasteiger partial charge in [-0.3, -0.25) is 0 Å². The van der Waals surface area contributed by atoms with Crippen LogP contribution in [0.3, 0.4) is 0 Å². The van der Waals surface area contributed by atoms with Crippen molar-refractivity contribution in [1.82, 2.24) is 15.0 Å². The molecule has 0 radical (unpaired) electrons. The molecule has 3 rings (SSSR count). The van der Waals surface area contributed by atoms with Gasteiger partial charge in [0.25, 0.3) is 0 Å². The number of nitrogens with zero attached hydrogens (tertiary/aromatic N) is 3. The van der Waals surface area contributed by atoms with Crippen molar-refractivity contribution in [3.63, 3.8) is 0 Å². The van der Waals surface area contributed by atoms with Gasteiger partial charge in [-0.1, -0.05) is 53.2 Å². The number of benzene rings is 1. The monoisotopic (exact) mass is 377 g/mol. The third-order valence-corrected chi connectivity index (χ3v) is 4.71. The van der Waals surface area contributed by atoms with Gasteiger partial charge in [-0.15, -0.1) is 0 Å². The number of pyridine rings is 1. The Bertz CT molecular complexity index is 860. The normalized spacial score (nSPS) is 13.5. The van der Waals surface area contributed by atoms with Crippen LogP contribution in [0.4, 0.5) is 0 Å². The maximum atomic E-state index is 11.6. The van der Waals surface area contributed by atoms with Crippen molar-refractivity contribution in [2.45, 2.75) is 10.8 Å². The Labute approximate surface area is 153 Å². The predicted molar refractivity (Wildman–Crippen MR) is 96.6 cm³/mol. The van der Waals surface area contributed by atoms with Gasteiger partial charge in [0, 0.05) is 23.0 Å².